The molecule has 0 bridgehead atoms. The number of fused-ring (bicyclic) bond motifs is 2. The molecule has 1 aromatic carbocycles. The first kappa shape index (κ1) is 16.0. The first-order valence-electron chi connectivity index (χ1n) is 8.84. The third kappa shape index (κ3) is 2.97. The Morgan fingerprint density at radius 2 is 2.32 bits per heavy atom. The fourth-order valence-electron chi connectivity index (χ4n) is 3.67. The van der Waals surface area contributed by atoms with Crippen LogP contribution < -0.4 is 14.8 Å². The first-order chi connectivity index (χ1) is 12.2. The van der Waals surface area contributed by atoms with Gasteiger partial charge in [-0.15, -0.1) is 0 Å². The van der Waals surface area contributed by atoms with Gasteiger partial charge in [-0.3, -0.25) is 4.79 Å². The summed E-state index contributed by atoms with van der Waals surface area (Å²) in [6.45, 7) is 3.32. The largest absolute Gasteiger partial charge is 0.496 e. The van der Waals surface area contributed by atoms with E-state index in [1.54, 1.807) is 13.3 Å². The fourth-order valence-corrected chi connectivity index (χ4v) is 3.67. The minimum absolute atomic E-state index is 0.0995. The van der Waals surface area contributed by atoms with Crippen LogP contribution in [-0.2, 0) is 25.9 Å². The lowest BCUT2D eigenvalue weighted by atomic mass is 10.1. The summed E-state index contributed by atoms with van der Waals surface area (Å²) >= 11 is 0. The van der Waals surface area contributed by atoms with Crippen LogP contribution in [-0.4, -0.2) is 28.7 Å². The van der Waals surface area contributed by atoms with Gasteiger partial charge in [-0.2, -0.15) is 0 Å². The van der Waals surface area contributed by atoms with Crippen LogP contribution in [0.4, 0.5) is 0 Å². The van der Waals surface area contributed by atoms with Crippen molar-refractivity contribution in [3.05, 3.63) is 41.0 Å². The standard InChI is InChI=1S/C19H23N3O3/c1-12-7-13-8-16(24-2)14(9-17(13)25-12)10-21-19(23)15-11-20-18-5-3-4-6-22(15)18/h8-9,11-12H,3-7,10H2,1-2H3,(H,21,23). The molecule has 0 spiro atoms. The number of hydrogen-bond acceptors (Lipinski definition) is 4. The lowest BCUT2D eigenvalue weighted by Gasteiger charge is -2.16. The molecular weight excluding hydrogens is 318 g/mol. The van der Waals surface area contributed by atoms with Crippen molar-refractivity contribution in [3.63, 3.8) is 0 Å². The van der Waals surface area contributed by atoms with E-state index < -0.39 is 0 Å². The number of carbonyl (C=O) groups excluding carboxylic acids is 1. The van der Waals surface area contributed by atoms with Crippen molar-refractivity contribution >= 4 is 5.91 Å². The zero-order chi connectivity index (χ0) is 17.4. The van der Waals surface area contributed by atoms with Crippen LogP contribution in [0.2, 0.25) is 0 Å². The number of imidazole rings is 1. The summed E-state index contributed by atoms with van der Waals surface area (Å²) in [6, 6.07) is 3.99. The zero-order valence-electron chi connectivity index (χ0n) is 14.7. The van der Waals surface area contributed by atoms with Gasteiger partial charge in [-0.05, 0) is 31.9 Å². The number of aryl methyl sites for hydroxylation is 1. The molecule has 0 saturated carbocycles. The van der Waals surface area contributed by atoms with Gasteiger partial charge in [0.1, 0.15) is 29.1 Å². The average Bonchev–Trinajstić information content (AvgIpc) is 3.20. The summed E-state index contributed by atoms with van der Waals surface area (Å²) in [4.78, 5) is 17.0. The molecule has 2 aromatic rings. The fraction of sp³-hybridized carbons (Fsp3) is 0.474. The number of benzene rings is 1. The quantitative estimate of drug-likeness (QED) is 0.928. The molecule has 1 N–H and O–H groups in total. The third-order valence-corrected chi connectivity index (χ3v) is 4.94. The van der Waals surface area contributed by atoms with E-state index in [1.807, 2.05) is 16.7 Å². The molecule has 6 heteroatoms. The van der Waals surface area contributed by atoms with E-state index in [2.05, 4.69) is 17.2 Å². The molecular formula is C19H23N3O3. The summed E-state index contributed by atoms with van der Waals surface area (Å²) in [7, 11) is 1.65. The predicted octanol–water partition coefficient (Wildman–Crippen LogP) is 2.48. The van der Waals surface area contributed by atoms with Crippen LogP contribution in [0.25, 0.3) is 0 Å². The number of carbonyl (C=O) groups is 1. The van der Waals surface area contributed by atoms with Crippen molar-refractivity contribution in [2.24, 2.45) is 0 Å². The molecule has 1 amide bonds. The molecule has 1 unspecified atom stereocenters. The van der Waals surface area contributed by atoms with Crippen LogP contribution in [0.15, 0.2) is 18.3 Å². The van der Waals surface area contributed by atoms with Gasteiger partial charge in [-0.1, -0.05) is 0 Å². The maximum Gasteiger partial charge on any atom is 0.269 e. The van der Waals surface area contributed by atoms with E-state index in [-0.39, 0.29) is 12.0 Å². The van der Waals surface area contributed by atoms with E-state index in [9.17, 15) is 4.79 Å². The number of nitrogens with zero attached hydrogens (tertiary/aromatic N) is 2. The Morgan fingerprint density at radius 3 is 3.16 bits per heavy atom. The summed E-state index contributed by atoms with van der Waals surface area (Å²) in [5, 5.41) is 2.99. The highest BCUT2D eigenvalue weighted by Gasteiger charge is 2.23. The number of amides is 1. The maximum atomic E-state index is 12.6. The zero-order valence-corrected chi connectivity index (χ0v) is 14.7. The minimum Gasteiger partial charge on any atom is -0.496 e. The van der Waals surface area contributed by atoms with Crippen molar-refractivity contribution in [2.75, 3.05) is 7.11 Å². The summed E-state index contributed by atoms with van der Waals surface area (Å²) < 4.78 is 13.3. The van der Waals surface area contributed by atoms with Gasteiger partial charge in [-0.25, -0.2) is 4.98 Å². The first-order valence-corrected chi connectivity index (χ1v) is 8.84. The van der Waals surface area contributed by atoms with Crippen molar-refractivity contribution < 1.29 is 14.3 Å². The van der Waals surface area contributed by atoms with Gasteiger partial charge in [0.2, 0.25) is 0 Å². The van der Waals surface area contributed by atoms with Gasteiger partial charge in [0.05, 0.1) is 13.3 Å². The monoisotopic (exact) mass is 341 g/mol. The highest BCUT2D eigenvalue weighted by atomic mass is 16.5. The lowest BCUT2D eigenvalue weighted by molar-refractivity contribution is 0.0940. The number of aromatic nitrogens is 2. The highest BCUT2D eigenvalue weighted by Crippen LogP contribution is 2.35. The number of ether oxygens (including phenoxy) is 2. The Kier molecular flexibility index (Phi) is 4.11. The molecule has 1 atom stereocenters. The molecule has 132 valence electrons. The van der Waals surface area contributed by atoms with Crippen LogP contribution in [0.5, 0.6) is 11.5 Å². The molecule has 0 saturated heterocycles. The maximum absolute atomic E-state index is 12.6. The lowest BCUT2D eigenvalue weighted by Crippen LogP contribution is -2.27. The van der Waals surface area contributed by atoms with Crippen molar-refractivity contribution in [2.45, 2.75) is 51.8 Å². The van der Waals surface area contributed by atoms with Gasteiger partial charge in [0.15, 0.2) is 0 Å². The number of methoxy groups -OCH3 is 1. The number of hydrogen-bond donors (Lipinski definition) is 1. The van der Waals surface area contributed by atoms with Gasteiger partial charge in [0.25, 0.3) is 5.91 Å². The molecule has 0 fully saturated rings. The smallest absolute Gasteiger partial charge is 0.269 e. The Morgan fingerprint density at radius 1 is 1.44 bits per heavy atom. The predicted molar refractivity (Wildman–Crippen MR) is 93.1 cm³/mol. The van der Waals surface area contributed by atoms with E-state index in [4.69, 9.17) is 9.47 Å². The SMILES string of the molecule is COc1cc2c(cc1CNC(=O)c1cnc3n1CCCC3)OC(C)C2. The average molecular weight is 341 g/mol. The van der Waals surface area contributed by atoms with Crippen molar-refractivity contribution in [1.82, 2.24) is 14.9 Å². The Labute approximate surface area is 147 Å². The van der Waals surface area contributed by atoms with Gasteiger partial charge < -0.3 is 19.4 Å². The molecule has 6 nitrogen and oxygen atoms in total. The highest BCUT2D eigenvalue weighted by molar-refractivity contribution is 5.92. The molecule has 1 aromatic heterocycles. The van der Waals surface area contributed by atoms with Crippen LogP contribution in [0.3, 0.4) is 0 Å². The van der Waals surface area contributed by atoms with Crippen LogP contribution in [0.1, 0.15) is 47.2 Å². The molecule has 2 aliphatic heterocycles. The second-order valence-electron chi connectivity index (χ2n) is 6.76. The minimum atomic E-state index is -0.0995. The van der Waals surface area contributed by atoms with E-state index in [0.29, 0.717) is 12.2 Å². The Balaban J connectivity index is 1.51. The third-order valence-electron chi connectivity index (χ3n) is 4.94. The number of rotatable bonds is 4. The van der Waals surface area contributed by atoms with E-state index in [0.717, 1.165) is 60.7 Å². The Hall–Kier alpha value is -2.50. The van der Waals surface area contributed by atoms with E-state index >= 15 is 0 Å². The molecule has 2 aliphatic rings. The second kappa shape index (κ2) is 6.43. The molecule has 3 heterocycles. The van der Waals surface area contributed by atoms with Crippen molar-refractivity contribution in [1.29, 1.82) is 0 Å². The summed E-state index contributed by atoms with van der Waals surface area (Å²) in [5.74, 6) is 2.58. The van der Waals surface area contributed by atoms with Gasteiger partial charge >= 0.3 is 0 Å². The molecule has 0 radical (unpaired) electrons. The van der Waals surface area contributed by atoms with Crippen LogP contribution >= 0.6 is 0 Å². The van der Waals surface area contributed by atoms with Gasteiger partial charge in [0, 0.05) is 37.1 Å². The molecule has 25 heavy (non-hydrogen) atoms. The normalized spacial score (nSPS) is 18.2. The summed E-state index contributed by atoms with van der Waals surface area (Å²) in [5.41, 5.74) is 2.71. The number of nitrogens with one attached hydrogen (secondary N) is 1. The van der Waals surface area contributed by atoms with E-state index in [1.165, 1.54) is 0 Å². The van der Waals surface area contributed by atoms with Crippen molar-refractivity contribution in [3.8, 4) is 11.5 Å². The molecule has 0 aliphatic carbocycles. The Bertz CT molecular complexity index is 812. The topological polar surface area (TPSA) is 65.4 Å². The summed E-state index contributed by atoms with van der Waals surface area (Å²) in [6.07, 6.45) is 5.94. The molecule has 4 rings (SSSR count). The van der Waals surface area contributed by atoms with Crippen LogP contribution in [0, 0.1) is 0 Å². The second-order valence-corrected chi connectivity index (χ2v) is 6.76.